The Hall–Kier alpha value is -2.46. The van der Waals surface area contributed by atoms with Crippen LogP contribution in [-0.4, -0.2) is 96.7 Å². The minimum atomic E-state index is -4.97. The number of hydrogen-bond donors (Lipinski definition) is 3. The third-order valence-corrected chi connectivity index (χ3v) is 19.5. The first-order chi connectivity index (χ1) is 46.9. The topological polar surface area (TPSA) is 237 Å². The minimum absolute atomic E-state index is 0.101. The van der Waals surface area contributed by atoms with E-state index in [1.807, 2.05) is 0 Å². The van der Waals surface area contributed by atoms with Gasteiger partial charge in [0, 0.05) is 25.7 Å². The van der Waals surface area contributed by atoms with Gasteiger partial charge in [0.2, 0.25) is 0 Å². The molecule has 2 unspecified atom stereocenters. The highest BCUT2D eigenvalue weighted by molar-refractivity contribution is 7.47. The number of rotatable bonds is 75. The SMILES string of the molecule is CCCCCC/C=C\C=C/CCCCCCCC(=O)OC[C@H](COP(=O)(O)OC[C@@H](O)COP(=O)(O)OC[C@@H](COC(=O)CCCCCCCCCCC)OC(=O)CCCCCCCCCCCCCC(C)C)OC(=O)CCCCCCCCCCCCCCCCCCC(C)C. The Labute approximate surface area is 592 Å². The Balaban J connectivity index is 5.26. The van der Waals surface area contributed by atoms with Gasteiger partial charge in [-0.2, -0.15) is 0 Å². The second-order valence-electron chi connectivity index (χ2n) is 28.4. The molecule has 0 saturated carbocycles. The maximum absolute atomic E-state index is 13.1. The summed E-state index contributed by atoms with van der Waals surface area (Å²) in [4.78, 5) is 72.8. The molecule has 0 aromatic heterocycles. The lowest BCUT2D eigenvalue weighted by Crippen LogP contribution is -2.30. The monoisotopic (exact) mass is 1420 g/mol. The van der Waals surface area contributed by atoms with Gasteiger partial charge >= 0.3 is 39.5 Å². The molecule has 0 bridgehead atoms. The first kappa shape index (κ1) is 94.5. The second kappa shape index (κ2) is 69.3. The van der Waals surface area contributed by atoms with Crippen molar-refractivity contribution < 1.29 is 80.2 Å². The van der Waals surface area contributed by atoms with Gasteiger partial charge in [-0.05, 0) is 63.2 Å². The number of ether oxygens (including phenoxy) is 4. The van der Waals surface area contributed by atoms with Crippen LogP contribution in [0.3, 0.4) is 0 Å². The molecule has 0 aromatic rings. The van der Waals surface area contributed by atoms with Gasteiger partial charge in [-0.1, -0.05) is 329 Å². The molecule has 0 aliphatic rings. The molecule has 0 aliphatic carbocycles. The van der Waals surface area contributed by atoms with Gasteiger partial charge in [0.05, 0.1) is 26.4 Å². The van der Waals surface area contributed by atoms with Crippen LogP contribution in [0.2, 0.25) is 0 Å². The van der Waals surface area contributed by atoms with E-state index < -0.39 is 97.5 Å². The van der Waals surface area contributed by atoms with Crippen molar-refractivity contribution in [2.75, 3.05) is 39.6 Å². The predicted molar refractivity (Wildman–Crippen MR) is 395 cm³/mol. The van der Waals surface area contributed by atoms with Crippen LogP contribution in [0.25, 0.3) is 0 Å². The average molecular weight is 1420 g/mol. The zero-order valence-corrected chi connectivity index (χ0v) is 64.7. The summed E-state index contributed by atoms with van der Waals surface area (Å²) in [6.45, 7) is 9.56. The van der Waals surface area contributed by atoms with E-state index in [1.165, 1.54) is 180 Å². The van der Waals surface area contributed by atoms with Crippen LogP contribution in [-0.2, 0) is 65.4 Å². The minimum Gasteiger partial charge on any atom is -0.462 e. The fourth-order valence-electron chi connectivity index (χ4n) is 11.5. The lowest BCUT2D eigenvalue weighted by Gasteiger charge is -2.21. The van der Waals surface area contributed by atoms with Gasteiger partial charge in [-0.3, -0.25) is 37.3 Å². The van der Waals surface area contributed by atoms with Crippen molar-refractivity contribution >= 4 is 39.5 Å². The largest absolute Gasteiger partial charge is 0.472 e. The van der Waals surface area contributed by atoms with Gasteiger partial charge in [-0.15, -0.1) is 0 Å². The quantitative estimate of drug-likeness (QED) is 0.0169. The van der Waals surface area contributed by atoms with E-state index in [4.69, 9.17) is 37.0 Å². The van der Waals surface area contributed by atoms with E-state index >= 15 is 0 Å². The van der Waals surface area contributed by atoms with Crippen molar-refractivity contribution in [1.29, 1.82) is 0 Å². The van der Waals surface area contributed by atoms with Crippen molar-refractivity contribution in [3.8, 4) is 0 Å². The molecular weight excluding hydrogens is 1270 g/mol. The van der Waals surface area contributed by atoms with E-state index in [-0.39, 0.29) is 25.7 Å². The van der Waals surface area contributed by atoms with Crippen LogP contribution in [0.15, 0.2) is 24.3 Å². The van der Waals surface area contributed by atoms with Gasteiger partial charge in [0.25, 0.3) is 0 Å². The van der Waals surface area contributed by atoms with Crippen molar-refractivity contribution in [2.45, 2.75) is 400 Å². The second-order valence-corrected chi connectivity index (χ2v) is 31.3. The predicted octanol–water partition coefficient (Wildman–Crippen LogP) is 22.7. The molecule has 0 spiro atoms. The van der Waals surface area contributed by atoms with Crippen LogP contribution in [0.4, 0.5) is 0 Å². The Morgan fingerprint density at radius 2 is 0.557 bits per heavy atom. The highest BCUT2D eigenvalue weighted by Crippen LogP contribution is 2.45. The first-order valence-electron chi connectivity index (χ1n) is 39.8. The molecule has 97 heavy (non-hydrogen) atoms. The summed E-state index contributed by atoms with van der Waals surface area (Å²) < 4.78 is 68.5. The average Bonchev–Trinajstić information content (AvgIpc) is 2.61. The summed E-state index contributed by atoms with van der Waals surface area (Å²) in [6, 6.07) is 0. The summed E-state index contributed by atoms with van der Waals surface area (Å²) in [5.41, 5.74) is 0. The normalized spacial score (nSPS) is 14.1. The molecule has 0 heterocycles. The number of hydrogen-bond acceptors (Lipinski definition) is 15. The van der Waals surface area contributed by atoms with E-state index in [2.05, 4.69) is 65.8 Å². The standard InChI is InChI=1S/C78H148O17P2/c1-7-9-11-13-15-17-18-19-22-26-31-37-43-49-55-61-76(81)89-67-74(95-77(82)62-56-50-44-38-32-27-24-21-20-23-25-29-35-40-46-52-58-70(3)4)69-93-97(86,87)91-65-72(79)64-90-96(84,85)92-68-73(66-88-75(80)60-54-48-42-34-16-14-12-10-8-2)94-78(83)63-57-51-45-39-33-28-30-36-41-47-53-59-71(5)6/h17-19,22,70-74,79H,7-16,20-21,23-69H2,1-6H3,(H,84,85)(H,86,87)/b18-17-,22-19-/t72-,73+,74+/m0/s1. The lowest BCUT2D eigenvalue weighted by atomic mass is 10.0. The Morgan fingerprint density at radius 3 is 0.845 bits per heavy atom. The van der Waals surface area contributed by atoms with Crippen LogP contribution >= 0.6 is 15.6 Å². The molecular formula is C78H148O17P2. The van der Waals surface area contributed by atoms with Gasteiger partial charge in [-0.25, -0.2) is 9.13 Å². The number of carbonyl (C=O) groups is 4. The maximum atomic E-state index is 13.1. The summed E-state index contributed by atoms with van der Waals surface area (Å²) in [7, 11) is -9.92. The molecule has 19 heteroatoms. The summed E-state index contributed by atoms with van der Waals surface area (Å²) >= 11 is 0. The van der Waals surface area contributed by atoms with E-state index in [1.54, 1.807) is 0 Å². The summed E-state index contributed by atoms with van der Waals surface area (Å²) in [5, 5.41) is 10.6. The fraction of sp³-hybridized carbons (Fsp3) is 0.897. The number of carbonyl (C=O) groups excluding carboxylic acids is 4. The summed E-state index contributed by atoms with van der Waals surface area (Å²) in [5.74, 6) is -0.573. The molecule has 0 aromatic carbocycles. The first-order valence-corrected chi connectivity index (χ1v) is 42.8. The molecule has 17 nitrogen and oxygen atoms in total. The van der Waals surface area contributed by atoms with Crippen LogP contribution in [0, 0.1) is 11.8 Å². The number of phosphoric acid groups is 2. The van der Waals surface area contributed by atoms with Crippen LogP contribution in [0.5, 0.6) is 0 Å². The molecule has 0 rings (SSSR count). The van der Waals surface area contributed by atoms with Crippen molar-refractivity contribution in [3.05, 3.63) is 24.3 Å². The number of unbranched alkanes of at least 4 members (excludes halogenated alkanes) is 42. The third-order valence-electron chi connectivity index (χ3n) is 17.6. The molecule has 0 radical (unpaired) electrons. The number of allylic oxidation sites excluding steroid dienone is 4. The smallest absolute Gasteiger partial charge is 0.462 e. The van der Waals surface area contributed by atoms with Crippen molar-refractivity contribution in [3.63, 3.8) is 0 Å². The fourth-order valence-corrected chi connectivity index (χ4v) is 13.0. The Kier molecular flexibility index (Phi) is 67.5. The maximum Gasteiger partial charge on any atom is 0.472 e. The number of esters is 4. The molecule has 0 aliphatic heterocycles. The van der Waals surface area contributed by atoms with Gasteiger partial charge < -0.3 is 33.8 Å². The van der Waals surface area contributed by atoms with Gasteiger partial charge in [0.1, 0.15) is 19.3 Å². The summed E-state index contributed by atoms with van der Waals surface area (Å²) in [6.07, 6.45) is 60.4. The van der Waals surface area contributed by atoms with Crippen molar-refractivity contribution in [1.82, 2.24) is 0 Å². The van der Waals surface area contributed by atoms with Crippen LogP contribution in [0.1, 0.15) is 382 Å². The molecule has 0 fully saturated rings. The van der Waals surface area contributed by atoms with E-state index in [9.17, 15) is 43.2 Å². The highest BCUT2D eigenvalue weighted by Gasteiger charge is 2.30. The molecule has 0 saturated heterocycles. The Morgan fingerprint density at radius 1 is 0.320 bits per heavy atom. The third kappa shape index (κ3) is 71.7. The molecule has 3 N–H and O–H groups in total. The van der Waals surface area contributed by atoms with Gasteiger partial charge in [0.15, 0.2) is 12.2 Å². The lowest BCUT2D eigenvalue weighted by molar-refractivity contribution is -0.161. The zero-order valence-electron chi connectivity index (χ0n) is 62.9. The number of phosphoric ester groups is 2. The molecule has 572 valence electrons. The molecule has 5 atom stereocenters. The Bertz CT molecular complexity index is 1970. The van der Waals surface area contributed by atoms with E-state index in [0.29, 0.717) is 25.7 Å². The van der Waals surface area contributed by atoms with E-state index in [0.717, 1.165) is 121 Å². The number of aliphatic hydroxyl groups excluding tert-OH is 1. The zero-order chi connectivity index (χ0) is 71.4. The molecule has 0 amide bonds. The highest BCUT2D eigenvalue weighted by atomic mass is 31.2. The van der Waals surface area contributed by atoms with Crippen LogP contribution < -0.4 is 0 Å². The van der Waals surface area contributed by atoms with Crippen molar-refractivity contribution in [2.24, 2.45) is 11.8 Å². The number of aliphatic hydroxyl groups is 1.